The first-order valence-corrected chi connectivity index (χ1v) is 6.88. The third kappa shape index (κ3) is 2.82. The van der Waals surface area contributed by atoms with Gasteiger partial charge in [0.05, 0.1) is 6.54 Å². The van der Waals surface area contributed by atoms with Gasteiger partial charge in [0, 0.05) is 23.4 Å². The Morgan fingerprint density at radius 3 is 2.48 bits per heavy atom. The molecule has 0 amide bonds. The topological polar surface area (TPSA) is 20.7 Å². The van der Waals surface area contributed by atoms with E-state index in [2.05, 4.69) is 51.9 Å². The number of hydrogen-bond donors (Lipinski definition) is 1. The third-order valence-electron chi connectivity index (χ3n) is 3.40. The molecule has 21 heavy (non-hydrogen) atoms. The monoisotopic (exact) mass is 272 g/mol. The Hall–Kier alpha value is -2.92. The van der Waals surface area contributed by atoms with Gasteiger partial charge < -0.3 is 9.55 Å². The molecular weight excluding hydrogens is 256 g/mol. The van der Waals surface area contributed by atoms with Crippen molar-refractivity contribution in [3.05, 3.63) is 73.1 Å². The Balaban J connectivity index is 0.000000131. The summed E-state index contributed by atoms with van der Waals surface area (Å²) in [6, 6.07) is 20.6. The summed E-state index contributed by atoms with van der Waals surface area (Å²) in [5.41, 5.74) is 2.41. The van der Waals surface area contributed by atoms with Crippen LogP contribution in [0.25, 0.3) is 21.8 Å². The van der Waals surface area contributed by atoms with Crippen molar-refractivity contribution in [2.24, 2.45) is 0 Å². The van der Waals surface area contributed by atoms with Crippen LogP contribution in [0.4, 0.5) is 0 Å². The summed E-state index contributed by atoms with van der Waals surface area (Å²) in [5, 5.41) is 2.52. The first kappa shape index (κ1) is 13.1. The van der Waals surface area contributed by atoms with E-state index in [1.54, 1.807) is 0 Å². The van der Waals surface area contributed by atoms with E-state index < -0.39 is 0 Å². The molecule has 0 spiro atoms. The van der Waals surface area contributed by atoms with E-state index in [9.17, 15) is 0 Å². The molecule has 4 rings (SSSR count). The van der Waals surface area contributed by atoms with Crippen LogP contribution in [0, 0.1) is 12.3 Å². The molecule has 0 radical (unpaired) electrons. The summed E-state index contributed by atoms with van der Waals surface area (Å²) in [6.45, 7) is 0.646. The lowest BCUT2D eigenvalue weighted by atomic mass is 10.2. The molecule has 2 aromatic heterocycles. The van der Waals surface area contributed by atoms with E-state index in [4.69, 9.17) is 6.42 Å². The van der Waals surface area contributed by atoms with Crippen LogP contribution in [0.15, 0.2) is 73.1 Å². The maximum atomic E-state index is 5.24. The number of nitrogens with zero attached hydrogens (tertiary/aromatic N) is 1. The van der Waals surface area contributed by atoms with Gasteiger partial charge in [-0.25, -0.2) is 0 Å². The summed E-state index contributed by atoms with van der Waals surface area (Å²) in [5.74, 6) is 2.63. The van der Waals surface area contributed by atoms with E-state index in [0.29, 0.717) is 6.54 Å². The summed E-state index contributed by atoms with van der Waals surface area (Å²) < 4.78 is 2.06. The van der Waals surface area contributed by atoms with Crippen LogP contribution in [-0.4, -0.2) is 9.55 Å². The molecule has 0 saturated carbocycles. The lowest BCUT2D eigenvalue weighted by Gasteiger charge is -1.97. The molecule has 0 bridgehead atoms. The van der Waals surface area contributed by atoms with Crippen LogP contribution in [0.5, 0.6) is 0 Å². The van der Waals surface area contributed by atoms with Gasteiger partial charge in [-0.2, -0.15) is 0 Å². The number of para-hydroxylation sites is 2. The predicted molar refractivity (Wildman–Crippen MR) is 89.1 cm³/mol. The average molecular weight is 272 g/mol. The number of H-pyrrole nitrogens is 1. The Labute approximate surface area is 124 Å². The molecule has 2 aromatic carbocycles. The fraction of sp³-hybridized carbons (Fsp3) is 0.0526. The Kier molecular flexibility index (Phi) is 3.75. The maximum absolute atomic E-state index is 5.24. The maximum Gasteiger partial charge on any atom is 0.0834 e. The first-order valence-electron chi connectivity index (χ1n) is 6.88. The van der Waals surface area contributed by atoms with Crippen molar-refractivity contribution in [1.82, 2.24) is 9.55 Å². The SMILES string of the molecule is C#CCn1ccc2ccccc21.c1ccc2[nH]ccc2c1. The Bertz CT molecular complexity index is 860. The number of nitrogens with one attached hydrogen (secondary N) is 1. The minimum absolute atomic E-state index is 0.646. The molecule has 0 aliphatic rings. The molecule has 2 heterocycles. The van der Waals surface area contributed by atoms with Crippen molar-refractivity contribution in [3.8, 4) is 12.3 Å². The molecule has 0 saturated heterocycles. The normalized spacial score (nSPS) is 10.0. The molecule has 2 heteroatoms. The lowest BCUT2D eigenvalue weighted by Crippen LogP contribution is -1.91. The fourth-order valence-corrected chi connectivity index (χ4v) is 2.37. The van der Waals surface area contributed by atoms with Crippen LogP contribution in [0.3, 0.4) is 0 Å². The van der Waals surface area contributed by atoms with Crippen molar-refractivity contribution in [2.45, 2.75) is 6.54 Å². The highest BCUT2D eigenvalue weighted by Crippen LogP contribution is 2.14. The molecular formula is C19H16N2. The van der Waals surface area contributed by atoms with Crippen molar-refractivity contribution in [2.75, 3.05) is 0 Å². The molecule has 0 aliphatic carbocycles. The smallest absolute Gasteiger partial charge is 0.0834 e. The van der Waals surface area contributed by atoms with Crippen LogP contribution in [0.2, 0.25) is 0 Å². The quantitative estimate of drug-likeness (QED) is 0.494. The highest BCUT2D eigenvalue weighted by molar-refractivity contribution is 5.80. The highest BCUT2D eigenvalue weighted by atomic mass is 14.9. The van der Waals surface area contributed by atoms with Crippen LogP contribution < -0.4 is 0 Å². The van der Waals surface area contributed by atoms with Gasteiger partial charge >= 0.3 is 0 Å². The molecule has 0 atom stereocenters. The fourth-order valence-electron chi connectivity index (χ4n) is 2.37. The highest BCUT2D eigenvalue weighted by Gasteiger charge is 1.96. The van der Waals surface area contributed by atoms with Gasteiger partial charge in [-0.1, -0.05) is 42.3 Å². The number of aromatic nitrogens is 2. The van der Waals surface area contributed by atoms with Gasteiger partial charge in [-0.05, 0) is 35.0 Å². The number of aromatic amines is 1. The number of hydrogen-bond acceptors (Lipinski definition) is 0. The minimum atomic E-state index is 0.646. The Morgan fingerprint density at radius 2 is 1.67 bits per heavy atom. The number of rotatable bonds is 1. The number of fused-ring (bicyclic) bond motifs is 2. The van der Waals surface area contributed by atoms with Crippen LogP contribution in [0.1, 0.15) is 0 Å². The standard InChI is InChI=1S/C11H9N.C8H7N/c1-2-8-12-9-7-10-5-3-4-6-11(10)12;1-2-4-8-7(3-1)5-6-9-8/h1,3-7,9H,8H2;1-6,9H. The van der Waals surface area contributed by atoms with Gasteiger partial charge in [0.15, 0.2) is 0 Å². The lowest BCUT2D eigenvalue weighted by molar-refractivity contribution is 0.886. The molecule has 0 fully saturated rings. The van der Waals surface area contributed by atoms with E-state index >= 15 is 0 Å². The molecule has 4 aromatic rings. The number of terminal acetylenes is 1. The van der Waals surface area contributed by atoms with Crippen LogP contribution >= 0.6 is 0 Å². The summed E-state index contributed by atoms with van der Waals surface area (Å²) >= 11 is 0. The summed E-state index contributed by atoms with van der Waals surface area (Å²) in [7, 11) is 0. The van der Waals surface area contributed by atoms with E-state index in [0.717, 1.165) is 0 Å². The molecule has 2 nitrogen and oxygen atoms in total. The average Bonchev–Trinajstić information content (AvgIpc) is 3.15. The van der Waals surface area contributed by atoms with Gasteiger partial charge in [0.1, 0.15) is 0 Å². The van der Waals surface area contributed by atoms with Gasteiger partial charge in [0.25, 0.3) is 0 Å². The van der Waals surface area contributed by atoms with Gasteiger partial charge in [-0.15, -0.1) is 6.42 Å². The first-order chi connectivity index (χ1) is 10.4. The second-order valence-corrected chi connectivity index (χ2v) is 4.77. The predicted octanol–water partition coefficient (Wildman–Crippen LogP) is 4.44. The third-order valence-corrected chi connectivity index (χ3v) is 3.40. The van der Waals surface area contributed by atoms with Gasteiger partial charge in [-0.3, -0.25) is 0 Å². The van der Waals surface area contributed by atoms with E-state index in [-0.39, 0.29) is 0 Å². The summed E-state index contributed by atoms with van der Waals surface area (Å²) in [6.07, 6.45) is 9.21. The van der Waals surface area contributed by atoms with E-state index in [1.165, 1.54) is 21.8 Å². The molecule has 0 unspecified atom stereocenters. The molecule has 0 aliphatic heterocycles. The van der Waals surface area contributed by atoms with Crippen molar-refractivity contribution in [1.29, 1.82) is 0 Å². The zero-order valence-electron chi connectivity index (χ0n) is 11.7. The second-order valence-electron chi connectivity index (χ2n) is 4.77. The van der Waals surface area contributed by atoms with Crippen molar-refractivity contribution >= 4 is 21.8 Å². The minimum Gasteiger partial charge on any atom is -0.361 e. The van der Waals surface area contributed by atoms with Crippen molar-refractivity contribution < 1.29 is 0 Å². The number of benzene rings is 2. The largest absolute Gasteiger partial charge is 0.361 e. The molecule has 1 N–H and O–H groups in total. The van der Waals surface area contributed by atoms with Gasteiger partial charge in [0.2, 0.25) is 0 Å². The zero-order valence-corrected chi connectivity index (χ0v) is 11.7. The second kappa shape index (κ2) is 6.02. The zero-order chi connectivity index (χ0) is 14.5. The van der Waals surface area contributed by atoms with E-state index in [1.807, 2.05) is 36.7 Å². The van der Waals surface area contributed by atoms with Crippen LogP contribution in [-0.2, 0) is 6.54 Å². The molecule has 102 valence electrons. The van der Waals surface area contributed by atoms with Crippen molar-refractivity contribution in [3.63, 3.8) is 0 Å². The Morgan fingerprint density at radius 1 is 0.905 bits per heavy atom. The summed E-state index contributed by atoms with van der Waals surface area (Å²) in [4.78, 5) is 3.12.